The molecule has 0 aliphatic heterocycles. The van der Waals surface area contributed by atoms with Crippen LogP contribution < -0.4 is 10.2 Å². The maximum absolute atomic E-state index is 11.9. The second-order valence-corrected chi connectivity index (χ2v) is 6.78. The predicted octanol–water partition coefficient (Wildman–Crippen LogP) is 4.34. The first-order valence-electron chi connectivity index (χ1n) is 8.51. The number of fused-ring (bicyclic) bond motifs is 1. The number of halogens is 1. The highest BCUT2D eigenvalue weighted by Gasteiger charge is 2.06. The zero-order chi connectivity index (χ0) is 19.4. The molecule has 0 atom stereocenters. The summed E-state index contributed by atoms with van der Waals surface area (Å²) < 4.78 is 5.50. The van der Waals surface area contributed by atoms with Crippen molar-refractivity contribution >= 4 is 34.6 Å². The third kappa shape index (κ3) is 4.83. The Hall–Kier alpha value is -2.92. The molecule has 0 radical (unpaired) electrons. The minimum absolute atomic E-state index is 0.122. The summed E-state index contributed by atoms with van der Waals surface area (Å²) in [5, 5.41) is 5.25. The van der Waals surface area contributed by atoms with Crippen LogP contribution in [-0.4, -0.2) is 23.7 Å². The molecule has 0 spiro atoms. The van der Waals surface area contributed by atoms with Crippen molar-refractivity contribution in [2.24, 2.45) is 5.10 Å². The highest BCUT2D eigenvalue weighted by Crippen LogP contribution is 2.21. The van der Waals surface area contributed by atoms with Gasteiger partial charge in [-0.05, 0) is 55.7 Å². The summed E-state index contributed by atoms with van der Waals surface area (Å²) in [6.07, 6.45) is 1.48. The number of nitrogens with one attached hydrogen (secondary N) is 1. The Morgan fingerprint density at radius 2 is 1.93 bits per heavy atom. The Morgan fingerprint density at radius 3 is 2.67 bits per heavy atom. The molecule has 0 fully saturated rings. The van der Waals surface area contributed by atoms with E-state index in [2.05, 4.69) is 15.5 Å². The highest BCUT2D eigenvalue weighted by molar-refractivity contribution is 6.32. The molecule has 3 rings (SSSR count). The fraction of sp³-hybridized carbons (Fsp3) is 0.190. The Bertz CT molecular complexity index is 1010. The molecule has 1 amide bonds. The van der Waals surface area contributed by atoms with Crippen LogP contribution in [0, 0.1) is 20.8 Å². The fourth-order valence-corrected chi connectivity index (χ4v) is 2.99. The summed E-state index contributed by atoms with van der Waals surface area (Å²) in [7, 11) is 0. The number of para-hydroxylation sites is 1. The van der Waals surface area contributed by atoms with E-state index in [4.69, 9.17) is 16.3 Å². The van der Waals surface area contributed by atoms with Gasteiger partial charge in [0.1, 0.15) is 10.9 Å². The van der Waals surface area contributed by atoms with Gasteiger partial charge in [0.05, 0.1) is 11.7 Å². The summed E-state index contributed by atoms with van der Waals surface area (Å²) in [6.45, 7) is 5.82. The molecule has 0 aliphatic rings. The normalized spacial score (nSPS) is 11.1. The lowest BCUT2D eigenvalue weighted by Gasteiger charge is -2.07. The van der Waals surface area contributed by atoms with E-state index in [1.54, 1.807) is 0 Å². The number of hydrazone groups is 1. The molecular weight excluding hydrogens is 362 g/mol. The van der Waals surface area contributed by atoms with E-state index in [1.165, 1.54) is 6.21 Å². The number of amides is 1. The number of hydrogen-bond acceptors (Lipinski definition) is 4. The molecular formula is C21H20ClN3O2. The number of carbonyl (C=O) groups excluding carboxylic acids is 1. The number of aryl methyl sites for hydroxylation is 3. The van der Waals surface area contributed by atoms with E-state index < -0.39 is 0 Å². The van der Waals surface area contributed by atoms with Gasteiger partial charge >= 0.3 is 0 Å². The molecule has 0 unspecified atom stereocenters. The van der Waals surface area contributed by atoms with E-state index in [-0.39, 0.29) is 12.5 Å². The molecule has 5 nitrogen and oxygen atoms in total. The number of aromatic nitrogens is 1. The number of pyridine rings is 1. The quantitative estimate of drug-likeness (QED) is 0.406. The second-order valence-electron chi connectivity index (χ2n) is 6.42. The third-order valence-electron chi connectivity index (χ3n) is 3.99. The average Bonchev–Trinajstić information content (AvgIpc) is 2.60. The highest BCUT2D eigenvalue weighted by atomic mass is 35.5. The van der Waals surface area contributed by atoms with Gasteiger partial charge < -0.3 is 4.74 Å². The van der Waals surface area contributed by atoms with E-state index in [1.807, 2.05) is 63.2 Å². The van der Waals surface area contributed by atoms with Gasteiger partial charge in [-0.1, -0.05) is 35.9 Å². The Morgan fingerprint density at radius 1 is 1.19 bits per heavy atom. The van der Waals surface area contributed by atoms with Gasteiger partial charge in [-0.2, -0.15) is 5.10 Å². The van der Waals surface area contributed by atoms with Crippen LogP contribution in [0.4, 0.5) is 0 Å². The van der Waals surface area contributed by atoms with Crippen LogP contribution >= 0.6 is 11.6 Å². The zero-order valence-electron chi connectivity index (χ0n) is 15.4. The van der Waals surface area contributed by atoms with Crippen LogP contribution in [0.2, 0.25) is 5.15 Å². The first-order valence-corrected chi connectivity index (χ1v) is 8.89. The van der Waals surface area contributed by atoms with Crippen LogP contribution in [0.5, 0.6) is 5.75 Å². The van der Waals surface area contributed by atoms with Gasteiger partial charge in [-0.3, -0.25) is 4.79 Å². The van der Waals surface area contributed by atoms with Crippen LogP contribution in [0.1, 0.15) is 22.3 Å². The lowest BCUT2D eigenvalue weighted by atomic mass is 10.1. The predicted molar refractivity (Wildman–Crippen MR) is 109 cm³/mol. The molecule has 1 heterocycles. The van der Waals surface area contributed by atoms with Gasteiger partial charge in [0.25, 0.3) is 5.91 Å². The van der Waals surface area contributed by atoms with Crippen molar-refractivity contribution in [2.75, 3.05) is 6.61 Å². The van der Waals surface area contributed by atoms with Crippen molar-refractivity contribution < 1.29 is 9.53 Å². The van der Waals surface area contributed by atoms with Crippen molar-refractivity contribution in [3.8, 4) is 5.75 Å². The van der Waals surface area contributed by atoms with Crippen LogP contribution in [0.15, 0.2) is 47.6 Å². The van der Waals surface area contributed by atoms with Crippen molar-refractivity contribution in [1.29, 1.82) is 0 Å². The Kier molecular flexibility index (Phi) is 5.72. The maximum Gasteiger partial charge on any atom is 0.277 e. The number of nitrogens with zero attached hydrogens (tertiary/aromatic N) is 2. The van der Waals surface area contributed by atoms with Crippen molar-refractivity contribution in [3.05, 3.63) is 69.9 Å². The molecule has 138 valence electrons. The van der Waals surface area contributed by atoms with Gasteiger partial charge in [0.2, 0.25) is 0 Å². The van der Waals surface area contributed by atoms with Crippen molar-refractivity contribution in [1.82, 2.24) is 10.4 Å². The minimum Gasteiger partial charge on any atom is -0.484 e. The molecule has 0 saturated carbocycles. The molecule has 1 N–H and O–H groups in total. The first kappa shape index (κ1) is 18.9. The lowest BCUT2D eigenvalue weighted by Crippen LogP contribution is -2.24. The number of rotatable bonds is 5. The van der Waals surface area contributed by atoms with Crippen LogP contribution in [0.3, 0.4) is 0 Å². The fourth-order valence-electron chi connectivity index (χ4n) is 2.80. The molecule has 3 aromatic rings. The van der Waals surface area contributed by atoms with Crippen LogP contribution in [0.25, 0.3) is 10.9 Å². The molecule has 0 saturated heterocycles. The van der Waals surface area contributed by atoms with Crippen molar-refractivity contribution in [2.45, 2.75) is 20.8 Å². The molecule has 1 aromatic heterocycles. The average molecular weight is 382 g/mol. The molecule has 2 aromatic carbocycles. The lowest BCUT2D eigenvalue weighted by molar-refractivity contribution is -0.123. The summed E-state index contributed by atoms with van der Waals surface area (Å²) in [5.74, 6) is 0.301. The Labute approximate surface area is 163 Å². The van der Waals surface area contributed by atoms with E-state index in [9.17, 15) is 4.79 Å². The molecule has 27 heavy (non-hydrogen) atoms. The molecule has 0 aliphatic carbocycles. The Balaban J connectivity index is 1.62. The van der Waals surface area contributed by atoms with Gasteiger partial charge in [0, 0.05) is 10.9 Å². The largest absolute Gasteiger partial charge is 0.484 e. The van der Waals surface area contributed by atoms with E-state index >= 15 is 0 Å². The molecule has 0 bridgehead atoms. The standard InChI is InChI=1S/C21H20ClN3O2/c1-13-7-14(2)9-18(8-13)27-12-19(26)25-23-11-17-10-16-6-4-5-15(3)20(16)24-21(17)22/h4-11H,12H2,1-3H3,(H,25,26)/b23-11-. The first-order chi connectivity index (χ1) is 12.9. The zero-order valence-corrected chi connectivity index (χ0v) is 16.2. The van der Waals surface area contributed by atoms with E-state index in [0.29, 0.717) is 16.5 Å². The smallest absolute Gasteiger partial charge is 0.277 e. The van der Waals surface area contributed by atoms with E-state index in [0.717, 1.165) is 27.6 Å². The molecule has 6 heteroatoms. The second kappa shape index (κ2) is 8.18. The van der Waals surface area contributed by atoms with Gasteiger partial charge in [0.15, 0.2) is 6.61 Å². The minimum atomic E-state index is -0.355. The number of ether oxygens (including phenoxy) is 1. The number of hydrogen-bond donors (Lipinski definition) is 1. The summed E-state index contributed by atoms with van der Waals surface area (Å²) in [5.41, 5.74) is 7.13. The monoisotopic (exact) mass is 381 g/mol. The summed E-state index contributed by atoms with van der Waals surface area (Å²) in [6, 6.07) is 13.6. The maximum atomic E-state index is 11.9. The van der Waals surface area contributed by atoms with Crippen molar-refractivity contribution in [3.63, 3.8) is 0 Å². The summed E-state index contributed by atoms with van der Waals surface area (Å²) >= 11 is 6.22. The summed E-state index contributed by atoms with van der Waals surface area (Å²) in [4.78, 5) is 16.3. The van der Waals surface area contributed by atoms with Crippen LogP contribution in [-0.2, 0) is 4.79 Å². The van der Waals surface area contributed by atoms with Gasteiger partial charge in [-0.15, -0.1) is 0 Å². The van der Waals surface area contributed by atoms with Gasteiger partial charge in [-0.25, -0.2) is 10.4 Å². The number of benzene rings is 2. The third-order valence-corrected chi connectivity index (χ3v) is 4.29. The number of carbonyl (C=O) groups is 1. The topological polar surface area (TPSA) is 63.6 Å². The SMILES string of the molecule is Cc1cc(C)cc(OCC(=O)N/N=C\c2cc3cccc(C)c3nc2Cl)c1.